The Balaban J connectivity index is 1.52. The molecule has 22 heavy (non-hydrogen) atoms. The zero-order chi connectivity index (χ0) is 15.4. The van der Waals surface area contributed by atoms with Crippen LogP contribution in [0.5, 0.6) is 5.75 Å². The first kappa shape index (κ1) is 14.9. The van der Waals surface area contributed by atoms with Crippen molar-refractivity contribution >= 4 is 5.91 Å². The highest BCUT2D eigenvalue weighted by Gasteiger charge is 2.32. The molecule has 2 aliphatic rings. The molecule has 1 aromatic rings. The number of nitriles is 1. The highest BCUT2D eigenvalue weighted by atomic mass is 16.5. The normalized spacial score (nSPS) is 24.2. The van der Waals surface area contributed by atoms with Gasteiger partial charge in [0.2, 0.25) is 0 Å². The Morgan fingerprint density at radius 2 is 2.09 bits per heavy atom. The summed E-state index contributed by atoms with van der Waals surface area (Å²) in [6.45, 7) is 1.82. The number of piperidine rings is 1. The van der Waals surface area contributed by atoms with Crippen LogP contribution in [0.2, 0.25) is 0 Å². The smallest absolute Gasteiger partial charge is 0.260 e. The molecular weight excluding hydrogens is 276 g/mol. The summed E-state index contributed by atoms with van der Waals surface area (Å²) in [6, 6.07) is 9.02. The third kappa shape index (κ3) is 3.41. The quantitative estimate of drug-likeness (QED) is 0.862. The van der Waals surface area contributed by atoms with Gasteiger partial charge in [0.15, 0.2) is 6.61 Å². The lowest BCUT2D eigenvalue weighted by atomic mass is 9.75. The molecule has 2 fully saturated rings. The lowest BCUT2D eigenvalue weighted by molar-refractivity contribution is -0.136. The van der Waals surface area contributed by atoms with Crippen molar-refractivity contribution in [2.45, 2.75) is 32.1 Å². The van der Waals surface area contributed by atoms with Crippen LogP contribution in [0, 0.1) is 23.2 Å². The van der Waals surface area contributed by atoms with Gasteiger partial charge in [0, 0.05) is 13.1 Å². The van der Waals surface area contributed by atoms with Crippen LogP contribution in [0.4, 0.5) is 0 Å². The molecule has 1 amide bonds. The molecule has 4 heteroatoms. The molecule has 1 aliphatic heterocycles. The van der Waals surface area contributed by atoms with Crippen LogP contribution in [0.3, 0.4) is 0 Å². The predicted molar refractivity (Wildman–Crippen MR) is 83.3 cm³/mol. The van der Waals surface area contributed by atoms with E-state index >= 15 is 0 Å². The number of ether oxygens (including phenoxy) is 1. The minimum atomic E-state index is 0.0615. The summed E-state index contributed by atoms with van der Waals surface area (Å²) in [5.41, 5.74) is 0.549. The molecule has 0 aromatic heterocycles. The first-order valence-electron chi connectivity index (χ1n) is 8.17. The fourth-order valence-corrected chi connectivity index (χ4v) is 3.72. The number of rotatable bonds is 3. The van der Waals surface area contributed by atoms with E-state index in [0.29, 0.717) is 17.2 Å². The number of carbonyl (C=O) groups is 1. The summed E-state index contributed by atoms with van der Waals surface area (Å²) in [5.74, 6) is 2.16. The van der Waals surface area contributed by atoms with E-state index in [4.69, 9.17) is 10.00 Å². The summed E-state index contributed by atoms with van der Waals surface area (Å²) < 4.78 is 5.56. The maximum Gasteiger partial charge on any atom is 0.260 e. The maximum absolute atomic E-state index is 12.3. The third-order valence-electron chi connectivity index (χ3n) is 4.97. The number of fused-ring (bicyclic) bond motifs is 1. The molecule has 1 heterocycles. The van der Waals surface area contributed by atoms with Gasteiger partial charge in [0.25, 0.3) is 5.91 Å². The summed E-state index contributed by atoms with van der Waals surface area (Å²) in [7, 11) is 0. The molecule has 0 bridgehead atoms. The number of amides is 1. The minimum absolute atomic E-state index is 0.0615. The summed E-state index contributed by atoms with van der Waals surface area (Å²) in [6.07, 6.45) is 6.40. The van der Waals surface area contributed by atoms with Crippen LogP contribution in [0.25, 0.3) is 0 Å². The maximum atomic E-state index is 12.3. The number of benzene rings is 1. The van der Waals surface area contributed by atoms with E-state index in [1.165, 1.54) is 25.7 Å². The van der Waals surface area contributed by atoms with Gasteiger partial charge in [-0.05, 0) is 42.9 Å². The van der Waals surface area contributed by atoms with Crippen LogP contribution in [-0.2, 0) is 4.79 Å². The Kier molecular flexibility index (Phi) is 4.62. The summed E-state index contributed by atoms with van der Waals surface area (Å²) in [4.78, 5) is 14.3. The van der Waals surface area contributed by atoms with Gasteiger partial charge in [-0.1, -0.05) is 25.3 Å². The second-order valence-electron chi connectivity index (χ2n) is 6.36. The van der Waals surface area contributed by atoms with Crippen molar-refractivity contribution in [1.82, 2.24) is 4.90 Å². The van der Waals surface area contributed by atoms with Crippen LogP contribution in [-0.4, -0.2) is 30.5 Å². The Labute approximate surface area is 131 Å². The number of hydrogen-bond donors (Lipinski definition) is 0. The van der Waals surface area contributed by atoms with Crippen LogP contribution < -0.4 is 4.74 Å². The van der Waals surface area contributed by atoms with E-state index in [0.717, 1.165) is 25.4 Å². The molecule has 1 aliphatic carbocycles. The zero-order valence-electron chi connectivity index (χ0n) is 12.8. The van der Waals surface area contributed by atoms with E-state index in [9.17, 15) is 4.79 Å². The van der Waals surface area contributed by atoms with Crippen molar-refractivity contribution in [3.05, 3.63) is 29.8 Å². The molecule has 1 aromatic carbocycles. The Bertz CT molecular complexity index is 579. The molecule has 4 nitrogen and oxygen atoms in total. The van der Waals surface area contributed by atoms with Crippen LogP contribution in [0.1, 0.15) is 37.7 Å². The SMILES string of the molecule is N#Cc1cccc(OCC(=O)N2CC[C@H]3CCCC[C@@H]3C2)c1. The fourth-order valence-electron chi connectivity index (χ4n) is 3.72. The molecule has 1 saturated carbocycles. The molecule has 0 unspecified atom stereocenters. The van der Waals surface area contributed by atoms with E-state index in [1.54, 1.807) is 24.3 Å². The number of hydrogen-bond acceptors (Lipinski definition) is 3. The Hall–Kier alpha value is -2.02. The van der Waals surface area contributed by atoms with Gasteiger partial charge in [0.1, 0.15) is 5.75 Å². The molecule has 2 atom stereocenters. The standard InChI is InChI=1S/C18H22N2O2/c19-11-14-4-3-7-17(10-14)22-13-18(21)20-9-8-15-5-1-2-6-16(15)12-20/h3-4,7,10,15-16H,1-2,5-6,8-9,12-13H2/t15-,16-/m1/s1. The van der Waals surface area contributed by atoms with Crippen molar-refractivity contribution in [3.63, 3.8) is 0 Å². The van der Waals surface area contributed by atoms with E-state index < -0.39 is 0 Å². The van der Waals surface area contributed by atoms with Gasteiger partial charge in [0.05, 0.1) is 11.6 Å². The highest BCUT2D eigenvalue weighted by Crippen LogP contribution is 2.36. The molecule has 0 N–H and O–H groups in total. The summed E-state index contributed by atoms with van der Waals surface area (Å²) >= 11 is 0. The largest absolute Gasteiger partial charge is 0.484 e. The molecule has 3 rings (SSSR count). The fraction of sp³-hybridized carbons (Fsp3) is 0.556. The average molecular weight is 298 g/mol. The number of carbonyl (C=O) groups excluding carboxylic acids is 1. The van der Waals surface area contributed by atoms with Crippen LogP contribution in [0.15, 0.2) is 24.3 Å². The average Bonchev–Trinajstić information content (AvgIpc) is 2.59. The second-order valence-corrected chi connectivity index (χ2v) is 6.36. The van der Waals surface area contributed by atoms with Crippen molar-refractivity contribution in [1.29, 1.82) is 5.26 Å². The van der Waals surface area contributed by atoms with Crippen molar-refractivity contribution in [2.75, 3.05) is 19.7 Å². The Morgan fingerprint density at radius 1 is 1.27 bits per heavy atom. The van der Waals surface area contributed by atoms with E-state index in [-0.39, 0.29) is 12.5 Å². The number of likely N-dealkylation sites (tertiary alicyclic amines) is 1. The minimum Gasteiger partial charge on any atom is -0.484 e. The molecule has 0 radical (unpaired) electrons. The van der Waals surface area contributed by atoms with Gasteiger partial charge in [-0.2, -0.15) is 5.26 Å². The van der Waals surface area contributed by atoms with Gasteiger partial charge in [-0.15, -0.1) is 0 Å². The van der Waals surface area contributed by atoms with Crippen molar-refractivity contribution < 1.29 is 9.53 Å². The van der Waals surface area contributed by atoms with Crippen molar-refractivity contribution in [2.24, 2.45) is 11.8 Å². The number of nitrogens with zero attached hydrogens (tertiary/aromatic N) is 2. The lowest BCUT2D eigenvalue weighted by Crippen LogP contribution is -2.46. The highest BCUT2D eigenvalue weighted by molar-refractivity contribution is 5.77. The van der Waals surface area contributed by atoms with Gasteiger partial charge in [-0.25, -0.2) is 0 Å². The predicted octanol–water partition coefficient (Wildman–Crippen LogP) is 2.98. The first-order valence-corrected chi connectivity index (χ1v) is 8.17. The molecule has 0 spiro atoms. The van der Waals surface area contributed by atoms with Crippen molar-refractivity contribution in [3.8, 4) is 11.8 Å². The van der Waals surface area contributed by atoms with E-state index in [2.05, 4.69) is 6.07 Å². The molecule has 1 saturated heterocycles. The van der Waals surface area contributed by atoms with Crippen LogP contribution >= 0.6 is 0 Å². The van der Waals surface area contributed by atoms with Gasteiger partial charge in [-0.3, -0.25) is 4.79 Å². The monoisotopic (exact) mass is 298 g/mol. The summed E-state index contributed by atoms with van der Waals surface area (Å²) in [5, 5.41) is 8.87. The van der Waals surface area contributed by atoms with Gasteiger partial charge >= 0.3 is 0 Å². The lowest BCUT2D eigenvalue weighted by Gasteiger charge is -2.41. The molecule has 116 valence electrons. The zero-order valence-corrected chi connectivity index (χ0v) is 12.8. The van der Waals surface area contributed by atoms with Gasteiger partial charge < -0.3 is 9.64 Å². The topological polar surface area (TPSA) is 53.3 Å². The second kappa shape index (κ2) is 6.83. The first-order chi connectivity index (χ1) is 10.8. The Morgan fingerprint density at radius 3 is 2.91 bits per heavy atom. The third-order valence-corrected chi connectivity index (χ3v) is 4.97. The van der Waals surface area contributed by atoms with E-state index in [1.807, 2.05) is 4.90 Å². The molecular formula is C18H22N2O2.